The molecule has 0 fully saturated rings. The van der Waals surface area contributed by atoms with E-state index in [9.17, 15) is 9.50 Å². The van der Waals surface area contributed by atoms with E-state index in [-0.39, 0.29) is 12.4 Å². The summed E-state index contributed by atoms with van der Waals surface area (Å²) in [6, 6.07) is 13.7. The number of aromatic nitrogens is 2. The van der Waals surface area contributed by atoms with Crippen molar-refractivity contribution in [1.29, 1.82) is 0 Å². The Balaban J connectivity index is 1.71. The lowest BCUT2D eigenvalue weighted by atomic mass is 10.3. The van der Waals surface area contributed by atoms with Crippen LogP contribution >= 0.6 is 0 Å². The fourth-order valence-electron chi connectivity index (χ4n) is 2.73. The third-order valence-electron chi connectivity index (χ3n) is 3.86. The average Bonchev–Trinajstić information content (AvgIpc) is 2.92. The number of halogens is 1. The normalized spacial score (nSPS) is 12.5. The highest BCUT2D eigenvalue weighted by molar-refractivity contribution is 5.75. The lowest BCUT2D eigenvalue weighted by molar-refractivity contribution is 0.0927. The lowest BCUT2D eigenvalue weighted by Crippen LogP contribution is -2.24. The topological polar surface area (TPSA) is 47.3 Å². The summed E-state index contributed by atoms with van der Waals surface area (Å²) in [4.78, 5) is 4.65. The molecule has 0 unspecified atom stereocenters. The molecule has 0 aliphatic rings. The molecule has 0 saturated heterocycles. The zero-order valence-electron chi connectivity index (χ0n) is 13.7. The Labute approximate surface area is 140 Å². The molecule has 1 aromatic heterocycles. The van der Waals surface area contributed by atoms with Crippen molar-refractivity contribution < 1.29 is 14.2 Å². The van der Waals surface area contributed by atoms with Gasteiger partial charge in [0.05, 0.1) is 17.6 Å². The maximum Gasteiger partial charge on any atom is 0.123 e. The van der Waals surface area contributed by atoms with Crippen molar-refractivity contribution in [1.82, 2.24) is 9.55 Å². The Hall–Kier alpha value is -2.40. The fourth-order valence-corrected chi connectivity index (χ4v) is 2.73. The highest BCUT2D eigenvalue weighted by atomic mass is 19.1. The first kappa shape index (κ1) is 16.5. The molecule has 5 heteroatoms. The highest BCUT2D eigenvalue weighted by Gasteiger charge is 2.14. The number of aryl methyl sites for hydroxylation is 1. The number of nitrogens with zero attached hydrogens (tertiary/aromatic N) is 2. The maximum absolute atomic E-state index is 12.9. The number of imidazole rings is 1. The zero-order chi connectivity index (χ0) is 16.9. The van der Waals surface area contributed by atoms with E-state index < -0.39 is 6.10 Å². The van der Waals surface area contributed by atoms with Crippen molar-refractivity contribution in [3.8, 4) is 5.75 Å². The minimum atomic E-state index is -0.678. The summed E-state index contributed by atoms with van der Waals surface area (Å²) in [6.45, 7) is 2.67. The molecule has 0 aliphatic carbocycles. The third-order valence-corrected chi connectivity index (χ3v) is 3.86. The second-order valence-electron chi connectivity index (χ2n) is 5.80. The van der Waals surface area contributed by atoms with Crippen molar-refractivity contribution in [3.63, 3.8) is 0 Å². The van der Waals surface area contributed by atoms with Gasteiger partial charge in [0, 0.05) is 6.42 Å². The number of hydrogen-bond acceptors (Lipinski definition) is 3. The molecule has 0 saturated carbocycles. The second-order valence-corrected chi connectivity index (χ2v) is 5.80. The molecule has 24 heavy (non-hydrogen) atoms. The summed E-state index contributed by atoms with van der Waals surface area (Å²) < 4.78 is 20.5. The van der Waals surface area contributed by atoms with Crippen molar-refractivity contribution in [2.24, 2.45) is 0 Å². The lowest BCUT2D eigenvalue weighted by Gasteiger charge is -2.15. The number of hydrogen-bond donors (Lipinski definition) is 1. The molecule has 3 aromatic rings. The van der Waals surface area contributed by atoms with Crippen LogP contribution in [0.4, 0.5) is 4.39 Å². The van der Waals surface area contributed by atoms with Crippen LogP contribution in [0.3, 0.4) is 0 Å². The number of ether oxygens (including phenoxy) is 1. The Bertz CT molecular complexity index is 799. The summed E-state index contributed by atoms with van der Waals surface area (Å²) in [5.74, 6) is 1.20. The molecule has 1 atom stereocenters. The van der Waals surface area contributed by atoms with Crippen LogP contribution in [-0.2, 0) is 13.0 Å². The van der Waals surface area contributed by atoms with Gasteiger partial charge < -0.3 is 14.4 Å². The van der Waals surface area contributed by atoms with Crippen LogP contribution in [0.1, 0.15) is 19.2 Å². The molecule has 126 valence electrons. The summed E-state index contributed by atoms with van der Waals surface area (Å²) in [5.41, 5.74) is 1.95. The predicted molar refractivity (Wildman–Crippen MR) is 91.6 cm³/mol. The van der Waals surface area contributed by atoms with Gasteiger partial charge in [0.25, 0.3) is 0 Å². The van der Waals surface area contributed by atoms with Gasteiger partial charge in [-0.1, -0.05) is 19.1 Å². The third kappa shape index (κ3) is 3.74. The molecular weight excluding hydrogens is 307 g/mol. The van der Waals surface area contributed by atoms with Crippen LogP contribution in [0, 0.1) is 5.82 Å². The molecule has 0 aliphatic heterocycles. The van der Waals surface area contributed by atoms with E-state index in [1.54, 1.807) is 12.1 Å². The molecule has 0 amide bonds. The van der Waals surface area contributed by atoms with E-state index in [0.29, 0.717) is 12.3 Å². The predicted octanol–water partition coefficient (Wildman–Crippen LogP) is 3.57. The molecule has 1 heterocycles. The van der Waals surface area contributed by atoms with Gasteiger partial charge in [-0.25, -0.2) is 9.37 Å². The highest BCUT2D eigenvalue weighted by Crippen LogP contribution is 2.18. The maximum atomic E-state index is 12.9. The first-order chi connectivity index (χ1) is 11.7. The van der Waals surface area contributed by atoms with Gasteiger partial charge in [-0.15, -0.1) is 0 Å². The van der Waals surface area contributed by atoms with Gasteiger partial charge in [-0.05, 0) is 42.8 Å². The van der Waals surface area contributed by atoms with Crippen LogP contribution in [0.5, 0.6) is 5.75 Å². The Morgan fingerprint density at radius 2 is 1.92 bits per heavy atom. The van der Waals surface area contributed by atoms with E-state index in [1.807, 2.05) is 24.3 Å². The molecule has 2 aromatic carbocycles. The number of fused-ring (bicyclic) bond motifs is 1. The second kappa shape index (κ2) is 7.45. The standard InChI is InChI=1S/C19H21FN2O2/c1-2-5-19-21-17-6-3-4-7-18(17)22(19)12-15(23)13-24-16-10-8-14(20)9-11-16/h3-4,6-11,15,23H,2,5,12-13H2,1H3/t15-/m0/s1. The smallest absolute Gasteiger partial charge is 0.123 e. The summed E-state index contributed by atoms with van der Waals surface area (Å²) >= 11 is 0. The number of aliphatic hydroxyl groups excluding tert-OH is 1. The van der Waals surface area contributed by atoms with E-state index in [1.165, 1.54) is 12.1 Å². The monoisotopic (exact) mass is 328 g/mol. The van der Waals surface area contributed by atoms with Crippen LogP contribution < -0.4 is 4.74 Å². The molecular formula is C19H21FN2O2. The van der Waals surface area contributed by atoms with Crippen molar-refractivity contribution in [3.05, 3.63) is 60.2 Å². The van der Waals surface area contributed by atoms with E-state index >= 15 is 0 Å². The summed E-state index contributed by atoms with van der Waals surface area (Å²) in [6.07, 6.45) is 1.18. The Morgan fingerprint density at radius 1 is 1.17 bits per heavy atom. The van der Waals surface area contributed by atoms with Gasteiger partial charge in [0.1, 0.15) is 30.1 Å². The minimum absolute atomic E-state index is 0.143. The van der Waals surface area contributed by atoms with Gasteiger partial charge in [0.2, 0.25) is 0 Å². The van der Waals surface area contributed by atoms with Crippen molar-refractivity contribution in [2.45, 2.75) is 32.4 Å². The molecule has 4 nitrogen and oxygen atoms in total. The van der Waals surface area contributed by atoms with Crippen LogP contribution in [0.15, 0.2) is 48.5 Å². The van der Waals surface area contributed by atoms with Crippen LogP contribution in [0.2, 0.25) is 0 Å². The quantitative estimate of drug-likeness (QED) is 0.721. The average molecular weight is 328 g/mol. The largest absolute Gasteiger partial charge is 0.491 e. The zero-order valence-corrected chi connectivity index (χ0v) is 13.7. The number of aliphatic hydroxyl groups is 1. The fraction of sp³-hybridized carbons (Fsp3) is 0.316. The van der Waals surface area contributed by atoms with Gasteiger partial charge in [-0.2, -0.15) is 0 Å². The number of benzene rings is 2. The Kier molecular flexibility index (Phi) is 5.11. The summed E-state index contributed by atoms with van der Waals surface area (Å²) in [7, 11) is 0. The first-order valence-electron chi connectivity index (χ1n) is 8.18. The van der Waals surface area contributed by atoms with Crippen molar-refractivity contribution >= 4 is 11.0 Å². The molecule has 1 N–H and O–H groups in total. The first-order valence-corrected chi connectivity index (χ1v) is 8.18. The van der Waals surface area contributed by atoms with Crippen LogP contribution in [0.25, 0.3) is 11.0 Å². The van der Waals surface area contributed by atoms with Gasteiger partial charge >= 0.3 is 0 Å². The van der Waals surface area contributed by atoms with Crippen molar-refractivity contribution in [2.75, 3.05) is 6.61 Å². The number of para-hydroxylation sites is 2. The molecule has 0 spiro atoms. The van der Waals surface area contributed by atoms with E-state index in [2.05, 4.69) is 16.5 Å². The minimum Gasteiger partial charge on any atom is -0.491 e. The van der Waals surface area contributed by atoms with E-state index in [4.69, 9.17) is 4.74 Å². The molecule has 3 rings (SSSR count). The SMILES string of the molecule is CCCc1nc2ccccc2n1C[C@H](O)COc1ccc(F)cc1. The molecule has 0 radical (unpaired) electrons. The van der Waals surface area contributed by atoms with Crippen LogP contribution in [-0.4, -0.2) is 27.4 Å². The molecule has 0 bridgehead atoms. The Morgan fingerprint density at radius 3 is 2.67 bits per heavy atom. The van der Waals surface area contributed by atoms with E-state index in [0.717, 1.165) is 29.7 Å². The van der Waals surface area contributed by atoms with Gasteiger partial charge in [-0.3, -0.25) is 0 Å². The summed E-state index contributed by atoms with van der Waals surface area (Å²) in [5, 5.41) is 10.3. The van der Waals surface area contributed by atoms with Gasteiger partial charge in [0.15, 0.2) is 0 Å². The number of rotatable bonds is 7.